The van der Waals surface area contributed by atoms with Crippen LogP contribution < -0.4 is 5.73 Å². The van der Waals surface area contributed by atoms with Gasteiger partial charge in [-0.1, -0.05) is 12.8 Å². The van der Waals surface area contributed by atoms with E-state index in [1.54, 1.807) is 0 Å². The van der Waals surface area contributed by atoms with Crippen molar-refractivity contribution in [1.29, 1.82) is 0 Å². The van der Waals surface area contributed by atoms with Crippen molar-refractivity contribution < 1.29 is 0 Å². The summed E-state index contributed by atoms with van der Waals surface area (Å²) in [6.07, 6.45) is 9.09. The topological polar surface area (TPSA) is 43.8 Å². The van der Waals surface area contributed by atoms with Crippen LogP contribution in [0.5, 0.6) is 0 Å². The first-order chi connectivity index (χ1) is 6.29. The largest absolute Gasteiger partial charge is 0.330 e. The minimum Gasteiger partial charge on any atom is -0.330 e. The molecule has 1 heterocycles. The van der Waals surface area contributed by atoms with Gasteiger partial charge < -0.3 is 10.3 Å². The van der Waals surface area contributed by atoms with Gasteiger partial charge in [0.05, 0.1) is 12.0 Å². The molecule has 3 nitrogen and oxygen atoms in total. The first-order valence-electron chi connectivity index (χ1n) is 5.06. The van der Waals surface area contributed by atoms with Crippen LogP contribution in [0, 0.1) is 0 Å². The molecular formula is C10H17N3. The van der Waals surface area contributed by atoms with E-state index >= 15 is 0 Å². The van der Waals surface area contributed by atoms with Gasteiger partial charge in [-0.2, -0.15) is 0 Å². The highest BCUT2D eigenvalue weighted by molar-refractivity contribution is 5.05. The number of imidazole rings is 1. The second-order valence-corrected chi connectivity index (χ2v) is 3.95. The summed E-state index contributed by atoms with van der Waals surface area (Å²) in [4.78, 5) is 4.17. The number of rotatable bonds is 2. The molecule has 2 rings (SSSR count). The maximum atomic E-state index is 5.87. The zero-order valence-corrected chi connectivity index (χ0v) is 8.11. The van der Waals surface area contributed by atoms with Crippen LogP contribution >= 0.6 is 0 Å². The Labute approximate surface area is 79.0 Å². The van der Waals surface area contributed by atoms with Crippen LogP contribution in [0.1, 0.15) is 50.4 Å². The molecule has 0 radical (unpaired) electrons. The maximum Gasteiger partial charge on any atom is 0.0951 e. The van der Waals surface area contributed by atoms with Gasteiger partial charge in [-0.05, 0) is 19.8 Å². The van der Waals surface area contributed by atoms with E-state index in [1.165, 1.54) is 31.4 Å². The fourth-order valence-corrected chi connectivity index (χ4v) is 2.16. The van der Waals surface area contributed by atoms with Crippen molar-refractivity contribution in [2.75, 3.05) is 0 Å². The van der Waals surface area contributed by atoms with Crippen LogP contribution in [0.25, 0.3) is 0 Å². The Morgan fingerprint density at radius 1 is 1.54 bits per heavy atom. The SMILES string of the molecule is C[C@H](N)c1cncn1C1CCCC1. The van der Waals surface area contributed by atoms with E-state index in [9.17, 15) is 0 Å². The first-order valence-corrected chi connectivity index (χ1v) is 5.06. The molecule has 0 aromatic carbocycles. The minimum atomic E-state index is 0.100. The van der Waals surface area contributed by atoms with Crippen molar-refractivity contribution in [3.63, 3.8) is 0 Å². The predicted octanol–water partition coefficient (Wildman–Crippen LogP) is 2.02. The maximum absolute atomic E-state index is 5.87. The van der Waals surface area contributed by atoms with E-state index in [1.807, 2.05) is 19.4 Å². The molecule has 1 aliphatic carbocycles. The molecule has 0 saturated heterocycles. The number of hydrogen-bond acceptors (Lipinski definition) is 2. The molecule has 0 bridgehead atoms. The number of aromatic nitrogens is 2. The fourth-order valence-electron chi connectivity index (χ4n) is 2.16. The predicted molar refractivity (Wildman–Crippen MR) is 52.3 cm³/mol. The third kappa shape index (κ3) is 1.61. The van der Waals surface area contributed by atoms with Crippen LogP contribution in [0.15, 0.2) is 12.5 Å². The normalized spacial score (nSPS) is 20.8. The van der Waals surface area contributed by atoms with Gasteiger partial charge in [0.15, 0.2) is 0 Å². The van der Waals surface area contributed by atoms with Crippen molar-refractivity contribution in [1.82, 2.24) is 9.55 Å². The van der Waals surface area contributed by atoms with Crippen LogP contribution in [0.2, 0.25) is 0 Å². The number of hydrogen-bond donors (Lipinski definition) is 1. The zero-order chi connectivity index (χ0) is 9.26. The van der Waals surface area contributed by atoms with Gasteiger partial charge in [0.1, 0.15) is 0 Å². The minimum absolute atomic E-state index is 0.100. The third-order valence-electron chi connectivity index (χ3n) is 2.88. The molecule has 13 heavy (non-hydrogen) atoms. The Balaban J connectivity index is 2.23. The van der Waals surface area contributed by atoms with E-state index in [2.05, 4.69) is 9.55 Å². The van der Waals surface area contributed by atoms with Crippen LogP contribution in [-0.2, 0) is 0 Å². The van der Waals surface area contributed by atoms with Crippen LogP contribution in [0.3, 0.4) is 0 Å². The Morgan fingerprint density at radius 3 is 2.85 bits per heavy atom. The Bertz CT molecular complexity index is 271. The van der Waals surface area contributed by atoms with Crippen molar-refractivity contribution in [3.8, 4) is 0 Å². The molecule has 0 unspecified atom stereocenters. The van der Waals surface area contributed by atoms with E-state index in [0.29, 0.717) is 6.04 Å². The average molecular weight is 179 g/mol. The second kappa shape index (κ2) is 3.50. The van der Waals surface area contributed by atoms with Gasteiger partial charge in [0.25, 0.3) is 0 Å². The summed E-state index contributed by atoms with van der Waals surface area (Å²) in [6.45, 7) is 2.02. The molecular weight excluding hydrogens is 162 g/mol. The smallest absolute Gasteiger partial charge is 0.0951 e. The average Bonchev–Trinajstić information content (AvgIpc) is 2.74. The van der Waals surface area contributed by atoms with Crippen molar-refractivity contribution in [2.45, 2.75) is 44.7 Å². The molecule has 0 spiro atoms. The monoisotopic (exact) mass is 179 g/mol. The van der Waals surface area contributed by atoms with Gasteiger partial charge in [-0.3, -0.25) is 0 Å². The zero-order valence-electron chi connectivity index (χ0n) is 8.11. The van der Waals surface area contributed by atoms with E-state index in [0.717, 1.165) is 0 Å². The molecule has 1 aliphatic rings. The molecule has 0 aliphatic heterocycles. The lowest BCUT2D eigenvalue weighted by atomic mass is 10.2. The highest BCUT2D eigenvalue weighted by Crippen LogP contribution is 2.31. The van der Waals surface area contributed by atoms with Crippen LogP contribution in [0.4, 0.5) is 0 Å². The van der Waals surface area contributed by atoms with Gasteiger partial charge in [0, 0.05) is 18.3 Å². The Kier molecular flexibility index (Phi) is 2.36. The van der Waals surface area contributed by atoms with Gasteiger partial charge in [-0.25, -0.2) is 4.98 Å². The van der Waals surface area contributed by atoms with Crippen molar-refractivity contribution in [3.05, 3.63) is 18.2 Å². The first kappa shape index (κ1) is 8.75. The second-order valence-electron chi connectivity index (χ2n) is 3.95. The molecule has 0 amide bonds. The summed E-state index contributed by atoms with van der Waals surface area (Å²) in [5, 5.41) is 0. The van der Waals surface area contributed by atoms with Gasteiger partial charge >= 0.3 is 0 Å². The molecule has 2 N–H and O–H groups in total. The van der Waals surface area contributed by atoms with Crippen molar-refractivity contribution >= 4 is 0 Å². The molecule has 72 valence electrons. The Morgan fingerprint density at radius 2 is 2.23 bits per heavy atom. The lowest BCUT2D eigenvalue weighted by molar-refractivity contribution is 0.488. The van der Waals surface area contributed by atoms with E-state index in [4.69, 9.17) is 5.73 Å². The van der Waals surface area contributed by atoms with E-state index < -0.39 is 0 Å². The number of nitrogens with zero attached hydrogens (tertiary/aromatic N) is 2. The molecule has 3 heteroatoms. The van der Waals surface area contributed by atoms with Crippen molar-refractivity contribution in [2.24, 2.45) is 5.73 Å². The highest BCUT2D eigenvalue weighted by Gasteiger charge is 2.19. The Hall–Kier alpha value is -0.830. The molecule has 1 saturated carbocycles. The molecule has 1 atom stereocenters. The van der Waals surface area contributed by atoms with E-state index in [-0.39, 0.29) is 6.04 Å². The highest BCUT2D eigenvalue weighted by atomic mass is 15.1. The molecule has 1 aromatic rings. The van der Waals surface area contributed by atoms with Crippen LogP contribution in [-0.4, -0.2) is 9.55 Å². The summed E-state index contributed by atoms with van der Waals surface area (Å²) in [6, 6.07) is 0.756. The standard InChI is InChI=1S/C10H17N3/c1-8(11)10-6-12-7-13(10)9-4-2-3-5-9/h6-9H,2-5,11H2,1H3/t8-/m0/s1. The summed E-state index contributed by atoms with van der Waals surface area (Å²) >= 11 is 0. The summed E-state index contributed by atoms with van der Waals surface area (Å²) in [7, 11) is 0. The lowest BCUT2D eigenvalue weighted by Gasteiger charge is -2.16. The summed E-state index contributed by atoms with van der Waals surface area (Å²) in [5.74, 6) is 0. The lowest BCUT2D eigenvalue weighted by Crippen LogP contribution is -2.14. The third-order valence-corrected chi connectivity index (χ3v) is 2.88. The van der Waals surface area contributed by atoms with Gasteiger partial charge in [0.2, 0.25) is 0 Å². The summed E-state index contributed by atoms with van der Waals surface area (Å²) < 4.78 is 2.26. The van der Waals surface area contributed by atoms with Gasteiger partial charge in [-0.15, -0.1) is 0 Å². The quantitative estimate of drug-likeness (QED) is 0.754. The fraction of sp³-hybridized carbons (Fsp3) is 0.700. The summed E-state index contributed by atoms with van der Waals surface area (Å²) in [5.41, 5.74) is 7.04. The number of nitrogens with two attached hydrogens (primary N) is 1. The molecule has 1 fully saturated rings. The molecule has 1 aromatic heterocycles.